The van der Waals surface area contributed by atoms with Gasteiger partial charge in [-0.15, -0.1) is 0 Å². The summed E-state index contributed by atoms with van der Waals surface area (Å²) >= 11 is 0. The van der Waals surface area contributed by atoms with Gasteiger partial charge in [0.25, 0.3) is 0 Å². The molecule has 1 aliphatic rings. The number of aromatic nitrogens is 2. The van der Waals surface area contributed by atoms with Crippen LogP contribution in [0.2, 0.25) is 0 Å². The van der Waals surface area contributed by atoms with Crippen LogP contribution in [0.25, 0.3) is 0 Å². The first-order valence-electron chi connectivity index (χ1n) is 6.71. The van der Waals surface area contributed by atoms with Crippen molar-refractivity contribution >= 4 is 0 Å². The SMILES string of the molecule is CC1(C)CC(N)(c2noc(C(C)(C)C)n2)C(C)(C)O1. The van der Waals surface area contributed by atoms with E-state index < -0.39 is 11.1 Å². The van der Waals surface area contributed by atoms with Crippen LogP contribution in [0.3, 0.4) is 0 Å². The average Bonchev–Trinajstić information content (AvgIpc) is 2.66. The molecule has 2 rings (SSSR count). The van der Waals surface area contributed by atoms with E-state index in [1.807, 2.05) is 48.5 Å². The Kier molecular flexibility index (Phi) is 2.89. The van der Waals surface area contributed by atoms with Gasteiger partial charge in [-0.05, 0) is 27.7 Å². The minimum absolute atomic E-state index is 0.180. The number of nitrogens with two attached hydrogens (primary N) is 1. The van der Waals surface area contributed by atoms with Crippen molar-refractivity contribution < 1.29 is 9.26 Å². The molecule has 5 nitrogen and oxygen atoms in total. The van der Waals surface area contributed by atoms with Crippen LogP contribution in [0.1, 0.15) is 66.6 Å². The van der Waals surface area contributed by atoms with E-state index in [0.717, 1.165) is 0 Å². The molecule has 1 saturated heterocycles. The zero-order valence-corrected chi connectivity index (χ0v) is 13.0. The second-order valence-electron chi connectivity index (χ2n) is 7.69. The van der Waals surface area contributed by atoms with E-state index >= 15 is 0 Å². The van der Waals surface area contributed by atoms with Gasteiger partial charge in [-0.25, -0.2) is 0 Å². The Labute approximate surface area is 114 Å². The lowest BCUT2D eigenvalue weighted by Gasteiger charge is -2.33. The van der Waals surface area contributed by atoms with Gasteiger partial charge in [-0.1, -0.05) is 25.9 Å². The fourth-order valence-electron chi connectivity index (χ4n) is 2.76. The van der Waals surface area contributed by atoms with Gasteiger partial charge in [-0.2, -0.15) is 4.98 Å². The second kappa shape index (κ2) is 3.79. The number of nitrogens with zero attached hydrogens (tertiary/aromatic N) is 2. The zero-order chi connectivity index (χ0) is 14.7. The van der Waals surface area contributed by atoms with Crippen molar-refractivity contribution in [2.75, 3.05) is 0 Å². The van der Waals surface area contributed by atoms with Crippen LogP contribution < -0.4 is 5.73 Å². The van der Waals surface area contributed by atoms with Gasteiger partial charge in [0, 0.05) is 11.8 Å². The van der Waals surface area contributed by atoms with Crippen molar-refractivity contribution in [1.29, 1.82) is 0 Å². The third-order valence-corrected chi connectivity index (χ3v) is 3.78. The van der Waals surface area contributed by atoms with Gasteiger partial charge in [0.1, 0.15) is 5.54 Å². The lowest BCUT2D eigenvalue weighted by molar-refractivity contribution is -0.0805. The van der Waals surface area contributed by atoms with E-state index in [2.05, 4.69) is 10.1 Å². The van der Waals surface area contributed by atoms with Gasteiger partial charge in [0.05, 0.1) is 11.2 Å². The van der Waals surface area contributed by atoms with E-state index in [4.69, 9.17) is 15.0 Å². The van der Waals surface area contributed by atoms with Crippen molar-refractivity contribution in [1.82, 2.24) is 10.1 Å². The second-order valence-corrected chi connectivity index (χ2v) is 7.69. The Hall–Kier alpha value is -0.940. The largest absolute Gasteiger partial charge is 0.367 e. The minimum Gasteiger partial charge on any atom is -0.367 e. The van der Waals surface area contributed by atoms with Crippen LogP contribution in [0.4, 0.5) is 0 Å². The van der Waals surface area contributed by atoms with Crippen LogP contribution in [0.15, 0.2) is 4.52 Å². The van der Waals surface area contributed by atoms with Gasteiger partial charge in [0.15, 0.2) is 5.82 Å². The molecule has 2 heterocycles. The average molecular weight is 267 g/mol. The molecular formula is C14H25N3O2. The fraction of sp³-hybridized carbons (Fsp3) is 0.857. The van der Waals surface area contributed by atoms with Crippen molar-refractivity contribution in [3.8, 4) is 0 Å². The summed E-state index contributed by atoms with van der Waals surface area (Å²) < 4.78 is 11.4. The van der Waals surface area contributed by atoms with Crippen LogP contribution >= 0.6 is 0 Å². The molecule has 1 aliphatic heterocycles. The zero-order valence-electron chi connectivity index (χ0n) is 13.0. The van der Waals surface area contributed by atoms with Crippen molar-refractivity contribution in [3.05, 3.63) is 11.7 Å². The van der Waals surface area contributed by atoms with E-state index in [0.29, 0.717) is 18.1 Å². The Balaban J connectivity index is 2.43. The minimum atomic E-state index is -0.733. The highest BCUT2D eigenvalue weighted by molar-refractivity contribution is 5.19. The first kappa shape index (κ1) is 14.5. The fourth-order valence-corrected chi connectivity index (χ4v) is 2.76. The van der Waals surface area contributed by atoms with Crippen LogP contribution in [-0.4, -0.2) is 21.3 Å². The maximum atomic E-state index is 6.58. The predicted molar refractivity (Wildman–Crippen MR) is 72.7 cm³/mol. The summed E-state index contributed by atoms with van der Waals surface area (Å²) in [6, 6.07) is 0. The normalized spacial score (nSPS) is 29.7. The molecule has 1 fully saturated rings. The Morgan fingerprint density at radius 1 is 1.16 bits per heavy atom. The topological polar surface area (TPSA) is 74.2 Å². The molecule has 108 valence electrons. The summed E-state index contributed by atoms with van der Waals surface area (Å²) in [4.78, 5) is 4.51. The summed E-state index contributed by atoms with van der Waals surface area (Å²) in [6.45, 7) is 14.1. The van der Waals surface area contributed by atoms with Crippen molar-refractivity contribution in [2.45, 2.75) is 77.0 Å². The Morgan fingerprint density at radius 3 is 2.11 bits per heavy atom. The smallest absolute Gasteiger partial charge is 0.232 e. The molecule has 0 spiro atoms. The maximum absolute atomic E-state index is 6.58. The lowest BCUT2D eigenvalue weighted by atomic mass is 9.79. The van der Waals surface area contributed by atoms with E-state index in [1.54, 1.807) is 0 Å². The molecule has 0 bridgehead atoms. The first-order valence-corrected chi connectivity index (χ1v) is 6.71. The highest BCUT2D eigenvalue weighted by Crippen LogP contribution is 2.48. The molecule has 0 aliphatic carbocycles. The quantitative estimate of drug-likeness (QED) is 0.846. The molecule has 5 heteroatoms. The summed E-state index contributed by atoms with van der Waals surface area (Å²) in [5.41, 5.74) is 4.84. The van der Waals surface area contributed by atoms with Crippen molar-refractivity contribution in [2.24, 2.45) is 5.73 Å². The third kappa shape index (κ3) is 2.30. The molecular weight excluding hydrogens is 242 g/mol. The molecule has 1 unspecified atom stereocenters. The first-order chi connectivity index (χ1) is 8.37. The number of hydrogen-bond acceptors (Lipinski definition) is 5. The highest BCUT2D eigenvalue weighted by Gasteiger charge is 2.58. The summed E-state index contributed by atoms with van der Waals surface area (Å²) in [5.74, 6) is 1.14. The maximum Gasteiger partial charge on any atom is 0.232 e. The number of ether oxygens (including phenoxy) is 1. The lowest BCUT2D eigenvalue weighted by Crippen LogP contribution is -2.52. The van der Waals surface area contributed by atoms with Crippen molar-refractivity contribution in [3.63, 3.8) is 0 Å². The highest BCUT2D eigenvalue weighted by atomic mass is 16.5. The van der Waals surface area contributed by atoms with Crippen LogP contribution in [0, 0.1) is 0 Å². The molecule has 0 saturated carbocycles. The van der Waals surface area contributed by atoms with Gasteiger partial charge in [-0.3, -0.25) is 0 Å². The van der Waals surface area contributed by atoms with Crippen LogP contribution in [0.5, 0.6) is 0 Å². The molecule has 1 aromatic rings. The third-order valence-electron chi connectivity index (χ3n) is 3.78. The molecule has 19 heavy (non-hydrogen) atoms. The molecule has 0 aromatic carbocycles. The van der Waals surface area contributed by atoms with Gasteiger partial charge < -0.3 is 15.0 Å². The van der Waals surface area contributed by atoms with Crippen LogP contribution in [-0.2, 0) is 15.7 Å². The standard InChI is InChI=1S/C14H25N3O2/c1-11(2,3)10-16-9(17-18-10)14(15)8-12(4,5)19-13(14,6)7/h8,15H2,1-7H3. The summed E-state index contributed by atoms with van der Waals surface area (Å²) in [5, 5.41) is 4.11. The summed E-state index contributed by atoms with van der Waals surface area (Å²) in [7, 11) is 0. The Morgan fingerprint density at radius 2 is 1.74 bits per heavy atom. The van der Waals surface area contributed by atoms with Gasteiger partial charge >= 0.3 is 0 Å². The number of rotatable bonds is 1. The van der Waals surface area contributed by atoms with E-state index in [-0.39, 0.29) is 11.0 Å². The molecule has 0 amide bonds. The molecule has 2 N–H and O–H groups in total. The predicted octanol–water partition coefficient (Wildman–Crippen LogP) is 2.50. The van der Waals surface area contributed by atoms with E-state index in [9.17, 15) is 0 Å². The monoisotopic (exact) mass is 267 g/mol. The molecule has 1 aromatic heterocycles. The van der Waals surface area contributed by atoms with E-state index in [1.165, 1.54) is 0 Å². The molecule has 1 atom stereocenters. The molecule has 0 radical (unpaired) electrons. The Bertz CT molecular complexity index is 485. The van der Waals surface area contributed by atoms with Gasteiger partial charge in [0.2, 0.25) is 5.89 Å². The summed E-state index contributed by atoms with van der Waals surface area (Å²) in [6.07, 6.45) is 0.663. The number of hydrogen-bond donors (Lipinski definition) is 1.